The van der Waals surface area contributed by atoms with Crippen molar-refractivity contribution in [1.82, 2.24) is 4.98 Å². The van der Waals surface area contributed by atoms with Crippen LogP contribution in [0, 0.1) is 3.95 Å². The highest BCUT2D eigenvalue weighted by atomic mass is 35.5. The first-order chi connectivity index (χ1) is 10.5. The first-order valence-electron chi connectivity index (χ1n) is 6.81. The minimum absolute atomic E-state index is 0.731. The average molecular weight is 347 g/mol. The number of H-pyrrole nitrogens is 1. The summed E-state index contributed by atoms with van der Waals surface area (Å²) in [5, 5.41) is 0.731. The molecular weight excluding hydrogens is 332 g/mol. The SMILES string of the molecule is CN(C)c1ccc(-c2sc(=S)[nH]c2-c2ccc(Cl)cc2)cc1. The topological polar surface area (TPSA) is 19.0 Å². The van der Waals surface area contributed by atoms with Crippen LogP contribution in [0.15, 0.2) is 48.5 Å². The Balaban J connectivity index is 2.08. The predicted octanol–water partition coefficient (Wildman–Crippen LogP) is 5.86. The zero-order chi connectivity index (χ0) is 15.7. The predicted molar refractivity (Wildman–Crippen MR) is 99.7 cm³/mol. The molecule has 0 saturated carbocycles. The van der Waals surface area contributed by atoms with Crippen molar-refractivity contribution in [2.45, 2.75) is 0 Å². The Labute approximate surface area is 144 Å². The van der Waals surface area contributed by atoms with E-state index in [1.54, 1.807) is 11.3 Å². The summed E-state index contributed by atoms with van der Waals surface area (Å²) in [4.78, 5) is 6.53. The molecule has 2 nitrogen and oxygen atoms in total. The van der Waals surface area contributed by atoms with Crippen molar-refractivity contribution >= 4 is 40.8 Å². The minimum atomic E-state index is 0.731. The largest absolute Gasteiger partial charge is 0.378 e. The molecule has 5 heteroatoms. The van der Waals surface area contributed by atoms with Crippen molar-refractivity contribution in [2.75, 3.05) is 19.0 Å². The van der Waals surface area contributed by atoms with Gasteiger partial charge in [-0.05, 0) is 47.6 Å². The molecule has 2 aromatic carbocycles. The normalized spacial score (nSPS) is 10.7. The van der Waals surface area contributed by atoms with Gasteiger partial charge in [0, 0.05) is 24.8 Å². The highest BCUT2D eigenvalue weighted by molar-refractivity contribution is 7.73. The molecule has 3 rings (SSSR count). The maximum atomic E-state index is 5.98. The number of aromatic amines is 1. The number of anilines is 1. The first-order valence-corrected chi connectivity index (χ1v) is 8.41. The van der Waals surface area contributed by atoms with E-state index in [1.807, 2.05) is 38.4 Å². The molecular formula is C17H15ClN2S2. The Morgan fingerprint density at radius 3 is 2.14 bits per heavy atom. The van der Waals surface area contributed by atoms with E-state index in [9.17, 15) is 0 Å². The van der Waals surface area contributed by atoms with Crippen LogP contribution in [0.2, 0.25) is 5.02 Å². The summed E-state index contributed by atoms with van der Waals surface area (Å²) in [6, 6.07) is 16.3. The molecule has 3 aromatic rings. The molecule has 0 atom stereocenters. The number of benzene rings is 2. The van der Waals surface area contributed by atoms with E-state index in [4.69, 9.17) is 23.8 Å². The molecule has 0 amide bonds. The van der Waals surface area contributed by atoms with Crippen LogP contribution < -0.4 is 4.90 Å². The summed E-state index contributed by atoms with van der Waals surface area (Å²) in [5.74, 6) is 0. The fraction of sp³-hybridized carbons (Fsp3) is 0.118. The van der Waals surface area contributed by atoms with Crippen molar-refractivity contribution in [3.05, 3.63) is 57.5 Å². The summed E-state index contributed by atoms with van der Waals surface area (Å²) in [6.07, 6.45) is 0. The van der Waals surface area contributed by atoms with Gasteiger partial charge in [0.25, 0.3) is 0 Å². The van der Waals surface area contributed by atoms with Crippen molar-refractivity contribution < 1.29 is 0 Å². The van der Waals surface area contributed by atoms with Gasteiger partial charge in [-0.3, -0.25) is 0 Å². The summed E-state index contributed by atoms with van der Waals surface area (Å²) < 4.78 is 0.775. The fourth-order valence-electron chi connectivity index (χ4n) is 2.26. The van der Waals surface area contributed by atoms with Crippen LogP contribution in [0.4, 0.5) is 5.69 Å². The zero-order valence-corrected chi connectivity index (χ0v) is 14.6. The standard InChI is InChI=1S/C17H15ClN2S2/c1-20(2)14-9-5-12(6-10-14)16-15(19-17(21)22-16)11-3-7-13(18)8-4-11/h3-10H,1-2H3,(H,19,21). The van der Waals surface area contributed by atoms with Gasteiger partial charge >= 0.3 is 0 Å². The van der Waals surface area contributed by atoms with Gasteiger partial charge in [-0.1, -0.05) is 35.9 Å². The van der Waals surface area contributed by atoms with Crippen LogP contribution in [-0.4, -0.2) is 19.1 Å². The number of nitrogens with one attached hydrogen (secondary N) is 1. The van der Waals surface area contributed by atoms with E-state index in [-0.39, 0.29) is 0 Å². The molecule has 0 unspecified atom stereocenters. The quantitative estimate of drug-likeness (QED) is 0.599. The van der Waals surface area contributed by atoms with Crippen molar-refractivity contribution in [3.63, 3.8) is 0 Å². The number of nitrogens with zero attached hydrogens (tertiary/aromatic N) is 1. The van der Waals surface area contributed by atoms with Gasteiger partial charge in [-0.25, -0.2) is 0 Å². The van der Waals surface area contributed by atoms with Crippen LogP contribution in [0.3, 0.4) is 0 Å². The number of rotatable bonds is 3. The molecule has 0 aliphatic carbocycles. The molecule has 1 N–H and O–H groups in total. The van der Waals surface area contributed by atoms with Crippen LogP contribution in [0.5, 0.6) is 0 Å². The van der Waals surface area contributed by atoms with Crippen molar-refractivity contribution in [2.24, 2.45) is 0 Å². The highest BCUT2D eigenvalue weighted by Gasteiger charge is 2.11. The number of thiazole rings is 1. The third kappa shape index (κ3) is 3.09. The van der Waals surface area contributed by atoms with E-state index in [0.717, 1.165) is 30.7 Å². The highest BCUT2D eigenvalue weighted by Crippen LogP contribution is 2.36. The number of hydrogen-bond donors (Lipinski definition) is 1. The van der Waals surface area contributed by atoms with Crippen molar-refractivity contribution in [3.8, 4) is 21.7 Å². The summed E-state index contributed by atoms with van der Waals surface area (Å²) in [6.45, 7) is 0. The van der Waals surface area contributed by atoms with E-state index >= 15 is 0 Å². The smallest absolute Gasteiger partial charge is 0.159 e. The van der Waals surface area contributed by atoms with Gasteiger partial charge in [0.15, 0.2) is 3.95 Å². The lowest BCUT2D eigenvalue weighted by atomic mass is 10.1. The molecule has 0 spiro atoms. The average Bonchev–Trinajstić information content (AvgIpc) is 2.90. The van der Waals surface area contributed by atoms with Gasteiger partial charge in [0.1, 0.15) is 0 Å². The molecule has 112 valence electrons. The van der Waals surface area contributed by atoms with Gasteiger partial charge in [-0.15, -0.1) is 11.3 Å². The molecule has 0 saturated heterocycles. The summed E-state index contributed by atoms with van der Waals surface area (Å²) in [7, 11) is 4.07. The van der Waals surface area contributed by atoms with E-state index in [2.05, 4.69) is 34.1 Å². The maximum Gasteiger partial charge on any atom is 0.159 e. The lowest BCUT2D eigenvalue weighted by Crippen LogP contribution is -2.07. The molecule has 0 radical (unpaired) electrons. The second kappa shape index (κ2) is 6.24. The maximum absolute atomic E-state index is 5.98. The molecule has 1 aromatic heterocycles. The number of aromatic nitrogens is 1. The van der Waals surface area contributed by atoms with Gasteiger partial charge in [-0.2, -0.15) is 0 Å². The molecule has 1 heterocycles. The van der Waals surface area contributed by atoms with E-state index < -0.39 is 0 Å². The molecule has 0 fully saturated rings. The first kappa shape index (κ1) is 15.3. The Morgan fingerprint density at radius 2 is 1.55 bits per heavy atom. The Morgan fingerprint density at radius 1 is 0.955 bits per heavy atom. The third-order valence-corrected chi connectivity index (χ3v) is 4.96. The van der Waals surface area contributed by atoms with Gasteiger partial charge in [0.2, 0.25) is 0 Å². The van der Waals surface area contributed by atoms with Crippen molar-refractivity contribution in [1.29, 1.82) is 0 Å². The molecule has 0 aliphatic rings. The minimum Gasteiger partial charge on any atom is -0.378 e. The third-order valence-electron chi connectivity index (χ3n) is 3.43. The zero-order valence-electron chi connectivity index (χ0n) is 12.3. The Kier molecular flexibility index (Phi) is 4.34. The van der Waals surface area contributed by atoms with E-state index in [1.165, 1.54) is 5.69 Å². The monoisotopic (exact) mass is 346 g/mol. The second-order valence-electron chi connectivity index (χ2n) is 5.17. The Hall–Kier alpha value is -1.62. The number of hydrogen-bond acceptors (Lipinski definition) is 3. The lowest BCUT2D eigenvalue weighted by molar-refractivity contribution is 1.13. The van der Waals surface area contributed by atoms with Gasteiger partial charge in [0.05, 0.1) is 10.6 Å². The van der Waals surface area contributed by atoms with Gasteiger partial charge < -0.3 is 9.88 Å². The second-order valence-corrected chi connectivity index (χ2v) is 7.29. The van der Waals surface area contributed by atoms with Crippen LogP contribution in [0.25, 0.3) is 21.7 Å². The Bertz CT molecular complexity index is 830. The van der Waals surface area contributed by atoms with E-state index in [0.29, 0.717) is 0 Å². The molecule has 0 bridgehead atoms. The summed E-state index contributed by atoms with van der Waals surface area (Å²) in [5.41, 5.74) is 4.47. The number of halogens is 1. The molecule has 22 heavy (non-hydrogen) atoms. The van der Waals surface area contributed by atoms with Crippen LogP contribution in [0.1, 0.15) is 0 Å². The van der Waals surface area contributed by atoms with Crippen LogP contribution in [-0.2, 0) is 0 Å². The lowest BCUT2D eigenvalue weighted by Gasteiger charge is -2.12. The molecule has 0 aliphatic heterocycles. The summed E-state index contributed by atoms with van der Waals surface area (Å²) >= 11 is 12.9. The fourth-order valence-corrected chi connectivity index (χ4v) is 3.60. The van der Waals surface area contributed by atoms with Crippen LogP contribution >= 0.6 is 35.2 Å².